The minimum atomic E-state index is -1.66. The summed E-state index contributed by atoms with van der Waals surface area (Å²) in [5.41, 5.74) is 0. The zero-order valence-corrected chi connectivity index (χ0v) is 38.9. The molecule has 1 aliphatic heterocycles. The molecule has 1 rings (SSSR count). The average Bonchev–Trinajstić information content (AvgIpc) is 3.25. The summed E-state index contributed by atoms with van der Waals surface area (Å²) in [7, 11) is 0. The van der Waals surface area contributed by atoms with Gasteiger partial charge in [-0.25, -0.2) is 0 Å². The molecule has 0 saturated carbocycles. The Labute approximate surface area is 367 Å². The molecule has 0 bridgehead atoms. The average molecular weight is 860 g/mol. The van der Waals surface area contributed by atoms with Crippen LogP contribution in [0.25, 0.3) is 0 Å². The van der Waals surface area contributed by atoms with E-state index < -0.39 is 74.2 Å². The molecule has 0 aromatic rings. The van der Waals surface area contributed by atoms with Crippen LogP contribution in [0.3, 0.4) is 0 Å². The lowest BCUT2D eigenvalue weighted by Gasteiger charge is -2.40. The lowest BCUT2D eigenvalue weighted by atomic mass is 9.98. The fourth-order valence-electron chi connectivity index (χ4n) is 8.36. The summed E-state index contributed by atoms with van der Waals surface area (Å²) in [6.07, 6.45) is 27.2. The second-order valence-corrected chi connectivity index (χ2v) is 18.5. The maximum Gasteiger partial charge on any atom is 0.249 e. The number of aliphatic hydroxyl groups excluding tert-OH is 7. The molecule has 0 radical (unpaired) electrons. The topological polar surface area (TPSA) is 189 Å². The maximum atomic E-state index is 13.1. The summed E-state index contributed by atoms with van der Waals surface area (Å²) in [6.45, 7) is 5.80. The van der Waals surface area contributed by atoms with E-state index >= 15 is 0 Å². The van der Waals surface area contributed by atoms with Crippen molar-refractivity contribution >= 4 is 5.91 Å². The molecule has 1 aliphatic rings. The van der Waals surface area contributed by atoms with Gasteiger partial charge in [0.05, 0.1) is 25.4 Å². The molecule has 11 nitrogen and oxygen atoms in total. The molecule has 0 aromatic carbocycles. The number of nitrogens with one attached hydrogen (secondary N) is 1. The number of amides is 1. The number of unbranched alkanes of at least 4 members (excludes halogenated alkanes) is 27. The van der Waals surface area contributed by atoms with E-state index in [1.807, 2.05) is 0 Å². The first-order valence-electron chi connectivity index (χ1n) is 25.3. The van der Waals surface area contributed by atoms with Crippen molar-refractivity contribution < 1.29 is 50.0 Å². The molecule has 1 fully saturated rings. The molecule has 1 amide bonds. The Morgan fingerprint density at radius 3 is 1.38 bits per heavy atom. The Morgan fingerprint density at radius 1 is 0.567 bits per heavy atom. The lowest BCUT2D eigenvalue weighted by Crippen LogP contribution is -2.60. The highest BCUT2D eigenvalue weighted by atomic mass is 16.7. The van der Waals surface area contributed by atoms with Crippen LogP contribution in [0.4, 0.5) is 0 Å². The molecule has 1 heterocycles. The minimum Gasteiger partial charge on any atom is -0.394 e. The van der Waals surface area contributed by atoms with Gasteiger partial charge in [0, 0.05) is 0 Å². The SMILES string of the molecule is CCCCCCCCCCCCCCCCCCCCCC(O)C(=O)NC(COC1OC(CO)C(O)C(O)C1O)C(O)C(O)CCCCCCCCCCCCC(C)CC. The summed E-state index contributed by atoms with van der Waals surface area (Å²) in [4.78, 5) is 13.1. The Hall–Kier alpha value is -0.890. The monoisotopic (exact) mass is 860 g/mol. The Balaban J connectivity index is 2.39. The smallest absolute Gasteiger partial charge is 0.249 e. The fourth-order valence-corrected chi connectivity index (χ4v) is 8.36. The van der Waals surface area contributed by atoms with Gasteiger partial charge in [-0.15, -0.1) is 0 Å². The third kappa shape index (κ3) is 28.0. The standard InChI is InChI=1S/C49H97NO10/c1-4-6-7-8-9-10-11-12-13-14-15-16-17-18-19-24-27-30-33-36-42(53)48(58)50-40(38-59-49-47(57)46(56)45(55)43(37-51)60-49)44(54)41(52)35-32-29-26-23-21-20-22-25-28-31-34-39(3)5-2/h39-47,49,51-57H,4-38H2,1-3H3,(H,50,58). The highest BCUT2D eigenvalue weighted by Crippen LogP contribution is 2.23. The molecular formula is C49H97NO10. The van der Waals surface area contributed by atoms with E-state index in [9.17, 15) is 40.5 Å². The number of hydrogen-bond donors (Lipinski definition) is 8. The van der Waals surface area contributed by atoms with Gasteiger partial charge in [-0.3, -0.25) is 4.79 Å². The molecule has 0 aromatic heterocycles. The first-order chi connectivity index (χ1) is 29.1. The van der Waals surface area contributed by atoms with Crippen LogP contribution in [0.2, 0.25) is 0 Å². The third-order valence-corrected chi connectivity index (χ3v) is 13.0. The fraction of sp³-hybridized carbons (Fsp3) is 0.980. The summed E-state index contributed by atoms with van der Waals surface area (Å²) >= 11 is 0. The van der Waals surface area contributed by atoms with Crippen LogP contribution in [0.5, 0.6) is 0 Å². The second kappa shape index (κ2) is 38.6. The van der Waals surface area contributed by atoms with Crippen LogP contribution in [-0.4, -0.2) is 110 Å². The molecular weight excluding hydrogens is 763 g/mol. The van der Waals surface area contributed by atoms with Crippen LogP contribution in [-0.2, 0) is 14.3 Å². The first-order valence-corrected chi connectivity index (χ1v) is 25.3. The molecule has 358 valence electrons. The summed E-state index contributed by atoms with van der Waals surface area (Å²) in [6, 6.07) is -1.16. The predicted octanol–water partition coefficient (Wildman–Crippen LogP) is 8.92. The van der Waals surface area contributed by atoms with E-state index in [0.717, 1.165) is 44.4 Å². The molecule has 1 saturated heterocycles. The quantitative estimate of drug-likeness (QED) is 0.0275. The molecule has 8 N–H and O–H groups in total. The first kappa shape index (κ1) is 57.1. The third-order valence-electron chi connectivity index (χ3n) is 13.0. The van der Waals surface area contributed by atoms with Crippen molar-refractivity contribution in [2.45, 2.75) is 288 Å². The van der Waals surface area contributed by atoms with Crippen LogP contribution < -0.4 is 5.32 Å². The number of hydrogen-bond acceptors (Lipinski definition) is 10. The van der Waals surface area contributed by atoms with Crippen molar-refractivity contribution in [2.24, 2.45) is 5.92 Å². The normalized spacial score (nSPS) is 22.1. The zero-order valence-electron chi connectivity index (χ0n) is 38.9. The highest BCUT2D eigenvalue weighted by molar-refractivity contribution is 5.80. The van der Waals surface area contributed by atoms with Crippen molar-refractivity contribution in [2.75, 3.05) is 13.2 Å². The van der Waals surface area contributed by atoms with Crippen molar-refractivity contribution in [3.63, 3.8) is 0 Å². The van der Waals surface area contributed by atoms with E-state index in [-0.39, 0.29) is 6.42 Å². The number of carbonyl (C=O) groups is 1. The molecule has 0 aliphatic carbocycles. The van der Waals surface area contributed by atoms with Gasteiger partial charge >= 0.3 is 0 Å². The van der Waals surface area contributed by atoms with Crippen LogP contribution in [0, 0.1) is 5.92 Å². The van der Waals surface area contributed by atoms with E-state index in [1.54, 1.807) is 0 Å². The van der Waals surface area contributed by atoms with E-state index in [2.05, 4.69) is 26.1 Å². The minimum absolute atomic E-state index is 0.266. The van der Waals surface area contributed by atoms with E-state index in [1.165, 1.54) is 148 Å². The molecule has 10 atom stereocenters. The van der Waals surface area contributed by atoms with E-state index in [4.69, 9.17) is 9.47 Å². The second-order valence-electron chi connectivity index (χ2n) is 18.5. The largest absolute Gasteiger partial charge is 0.394 e. The van der Waals surface area contributed by atoms with Gasteiger partial charge in [-0.05, 0) is 18.8 Å². The van der Waals surface area contributed by atoms with E-state index in [0.29, 0.717) is 19.3 Å². The highest BCUT2D eigenvalue weighted by Gasteiger charge is 2.44. The molecule has 0 spiro atoms. The lowest BCUT2D eigenvalue weighted by molar-refractivity contribution is -0.303. The summed E-state index contributed by atoms with van der Waals surface area (Å²) in [5, 5.41) is 75.8. The number of carbonyl (C=O) groups excluding carboxylic acids is 1. The van der Waals surface area contributed by atoms with Crippen LogP contribution in [0.1, 0.15) is 233 Å². The Bertz CT molecular complexity index is 959. The summed E-state index contributed by atoms with van der Waals surface area (Å²) < 4.78 is 11.1. The van der Waals surface area contributed by atoms with Crippen LogP contribution >= 0.6 is 0 Å². The van der Waals surface area contributed by atoms with Gasteiger partial charge in [0.15, 0.2) is 6.29 Å². The maximum absolute atomic E-state index is 13.1. The molecule has 10 unspecified atom stereocenters. The van der Waals surface area contributed by atoms with Crippen molar-refractivity contribution in [1.82, 2.24) is 5.32 Å². The van der Waals surface area contributed by atoms with Crippen LogP contribution in [0.15, 0.2) is 0 Å². The summed E-state index contributed by atoms with van der Waals surface area (Å²) in [5.74, 6) is 0.136. The van der Waals surface area contributed by atoms with Crippen molar-refractivity contribution in [1.29, 1.82) is 0 Å². The van der Waals surface area contributed by atoms with Gasteiger partial charge in [0.2, 0.25) is 5.91 Å². The van der Waals surface area contributed by atoms with Crippen molar-refractivity contribution in [3.8, 4) is 0 Å². The van der Waals surface area contributed by atoms with Gasteiger partial charge in [-0.1, -0.05) is 220 Å². The zero-order chi connectivity index (χ0) is 44.2. The van der Waals surface area contributed by atoms with Gasteiger partial charge < -0.3 is 50.5 Å². The van der Waals surface area contributed by atoms with Gasteiger partial charge in [0.1, 0.15) is 36.6 Å². The number of rotatable bonds is 42. The molecule has 11 heteroatoms. The molecule has 60 heavy (non-hydrogen) atoms. The predicted molar refractivity (Wildman–Crippen MR) is 243 cm³/mol. The number of ether oxygens (including phenoxy) is 2. The number of aliphatic hydroxyl groups is 7. The van der Waals surface area contributed by atoms with Crippen molar-refractivity contribution in [3.05, 3.63) is 0 Å². The Morgan fingerprint density at radius 2 is 0.967 bits per heavy atom. The van der Waals surface area contributed by atoms with Gasteiger partial charge in [-0.2, -0.15) is 0 Å². The Kier molecular flexibility index (Phi) is 36.7. The van der Waals surface area contributed by atoms with Gasteiger partial charge in [0.25, 0.3) is 0 Å².